The molecule has 0 unspecified atom stereocenters. The summed E-state index contributed by atoms with van der Waals surface area (Å²) in [6, 6.07) is 22.1. The number of carbonyl (C=O) groups excluding carboxylic acids is 2. The van der Waals surface area contributed by atoms with E-state index in [9.17, 15) is 18.0 Å². The Bertz CT molecular complexity index is 1230. The van der Waals surface area contributed by atoms with Gasteiger partial charge in [-0.05, 0) is 61.4 Å². The van der Waals surface area contributed by atoms with Crippen molar-refractivity contribution >= 4 is 33.3 Å². The Morgan fingerprint density at radius 3 is 1.94 bits per heavy atom. The van der Waals surface area contributed by atoms with Gasteiger partial charge in [-0.1, -0.05) is 42.5 Å². The van der Waals surface area contributed by atoms with E-state index in [4.69, 9.17) is 0 Å². The molecule has 0 heterocycles. The number of hydrogen-bond acceptors (Lipinski definition) is 4. The smallest absolute Gasteiger partial charge is 0.323 e. The maximum absolute atomic E-state index is 12.6. The largest absolute Gasteiger partial charge is 0.348 e. The summed E-state index contributed by atoms with van der Waals surface area (Å²) in [5.74, 6) is -0.471. The lowest BCUT2D eigenvalue weighted by Gasteiger charge is -2.13. The highest BCUT2D eigenvalue weighted by Crippen LogP contribution is 2.14. The van der Waals surface area contributed by atoms with Gasteiger partial charge in [-0.25, -0.2) is 17.9 Å². The summed E-state index contributed by atoms with van der Waals surface area (Å²) in [5, 5.41) is 8.25. The summed E-state index contributed by atoms with van der Waals surface area (Å²) in [7, 11) is -3.48. The normalized spacial score (nSPS) is 11.1. The van der Waals surface area contributed by atoms with Crippen LogP contribution in [0.2, 0.25) is 0 Å². The van der Waals surface area contributed by atoms with Crippen LogP contribution in [0.5, 0.6) is 0 Å². The Morgan fingerprint density at radius 1 is 0.765 bits per heavy atom. The molecule has 0 spiro atoms. The highest BCUT2D eigenvalue weighted by Gasteiger charge is 2.16. The third-order valence-corrected chi connectivity index (χ3v) is 6.28. The fourth-order valence-electron chi connectivity index (χ4n) is 3.27. The van der Waals surface area contributed by atoms with Gasteiger partial charge in [0, 0.05) is 29.5 Å². The van der Waals surface area contributed by atoms with E-state index in [1.807, 2.05) is 18.2 Å². The quantitative estimate of drug-likeness (QED) is 0.369. The van der Waals surface area contributed by atoms with E-state index < -0.39 is 10.0 Å². The van der Waals surface area contributed by atoms with Gasteiger partial charge in [0.1, 0.15) is 0 Å². The summed E-state index contributed by atoms with van der Waals surface area (Å²) >= 11 is 0. The van der Waals surface area contributed by atoms with Crippen molar-refractivity contribution < 1.29 is 18.0 Å². The van der Waals surface area contributed by atoms with Crippen LogP contribution in [-0.4, -0.2) is 26.4 Å². The lowest BCUT2D eigenvalue weighted by molar-refractivity contribution is 0.0951. The number of rotatable bonds is 9. The van der Waals surface area contributed by atoms with Gasteiger partial charge in [0.25, 0.3) is 5.91 Å². The first-order valence-electron chi connectivity index (χ1n) is 10.8. The first-order valence-corrected chi connectivity index (χ1v) is 12.5. The van der Waals surface area contributed by atoms with Crippen molar-refractivity contribution in [2.45, 2.75) is 32.2 Å². The molecule has 34 heavy (non-hydrogen) atoms. The molecule has 0 aromatic heterocycles. The zero-order valence-electron chi connectivity index (χ0n) is 19.0. The molecule has 3 rings (SSSR count). The molecule has 3 aromatic carbocycles. The molecular weight excluding hydrogens is 452 g/mol. The second kappa shape index (κ2) is 11.4. The van der Waals surface area contributed by atoms with Crippen LogP contribution in [0.3, 0.4) is 0 Å². The van der Waals surface area contributed by atoms with E-state index in [1.54, 1.807) is 74.5 Å². The van der Waals surface area contributed by atoms with Gasteiger partial charge in [0.15, 0.2) is 0 Å². The fourth-order valence-corrected chi connectivity index (χ4v) is 4.77. The van der Waals surface area contributed by atoms with Crippen LogP contribution in [0.25, 0.3) is 0 Å². The van der Waals surface area contributed by atoms with Crippen molar-refractivity contribution in [1.82, 2.24) is 10.0 Å². The molecule has 0 bridgehead atoms. The maximum atomic E-state index is 12.6. The summed E-state index contributed by atoms with van der Waals surface area (Å²) in [5.41, 5.74) is 2.98. The highest BCUT2D eigenvalue weighted by atomic mass is 32.2. The van der Waals surface area contributed by atoms with Crippen molar-refractivity contribution in [2.75, 3.05) is 10.6 Å². The van der Waals surface area contributed by atoms with Crippen LogP contribution in [0.1, 0.15) is 35.3 Å². The summed E-state index contributed by atoms with van der Waals surface area (Å²) in [6.45, 7) is 3.71. The van der Waals surface area contributed by atoms with E-state index in [-0.39, 0.29) is 30.3 Å². The Labute approximate surface area is 199 Å². The average molecular weight is 481 g/mol. The van der Waals surface area contributed by atoms with Crippen LogP contribution in [0, 0.1) is 0 Å². The van der Waals surface area contributed by atoms with Crippen molar-refractivity contribution in [1.29, 1.82) is 0 Å². The van der Waals surface area contributed by atoms with Crippen molar-refractivity contribution in [3.63, 3.8) is 0 Å². The van der Waals surface area contributed by atoms with Crippen LogP contribution in [0.4, 0.5) is 16.2 Å². The monoisotopic (exact) mass is 480 g/mol. The molecule has 0 saturated heterocycles. The second-order valence-electron chi connectivity index (χ2n) is 8.01. The number of sulfonamides is 1. The molecule has 0 aliphatic heterocycles. The molecule has 9 heteroatoms. The SMILES string of the molecule is CC(C)NS(=O)(=O)Cc1ccccc1CNC(=O)c1ccc(NC(=O)Nc2ccccc2)cc1. The zero-order chi connectivity index (χ0) is 24.6. The van der Waals surface area contributed by atoms with E-state index in [1.165, 1.54) is 0 Å². The molecule has 3 aromatic rings. The van der Waals surface area contributed by atoms with Gasteiger partial charge in [0.2, 0.25) is 10.0 Å². The van der Waals surface area contributed by atoms with Crippen molar-refractivity contribution in [2.24, 2.45) is 0 Å². The Balaban J connectivity index is 1.57. The number of carbonyl (C=O) groups is 2. The van der Waals surface area contributed by atoms with Gasteiger partial charge < -0.3 is 16.0 Å². The lowest BCUT2D eigenvalue weighted by atomic mass is 10.1. The molecule has 3 amide bonds. The minimum atomic E-state index is -3.48. The number of benzene rings is 3. The number of para-hydroxylation sites is 1. The first kappa shape index (κ1) is 24.9. The lowest BCUT2D eigenvalue weighted by Crippen LogP contribution is -2.32. The van der Waals surface area contributed by atoms with Gasteiger partial charge in [-0.2, -0.15) is 0 Å². The molecule has 0 atom stereocenters. The van der Waals surface area contributed by atoms with E-state index in [0.29, 0.717) is 22.5 Å². The molecule has 8 nitrogen and oxygen atoms in total. The standard InChI is InChI=1S/C25H28N4O4S/c1-18(2)29-34(32,33)17-21-9-7-6-8-20(21)16-26-24(30)19-12-14-23(15-13-19)28-25(31)27-22-10-4-3-5-11-22/h3-15,18,29H,16-17H2,1-2H3,(H,26,30)(H2,27,28,31). The Kier molecular flexibility index (Phi) is 8.39. The number of urea groups is 1. The summed E-state index contributed by atoms with van der Waals surface area (Å²) in [6.07, 6.45) is 0. The number of nitrogens with one attached hydrogen (secondary N) is 4. The molecule has 178 valence electrons. The first-order chi connectivity index (χ1) is 16.2. The zero-order valence-corrected chi connectivity index (χ0v) is 19.9. The van der Waals surface area contributed by atoms with Crippen LogP contribution >= 0.6 is 0 Å². The number of hydrogen-bond donors (Lipinski definition) is 4. The van der Waals surface area contributed by atoms with Crippen molar-refractivity contribution in [3.05, 3.63) is 95.6 Å². The molecule has 4 N–H and O–H groups in total. The summed E-state index contributed by atoms with van der Waals surface area (Å²) < 4.78 is 27.2. The van der Waals surface area contributed by atoms with Crippen molar-refractivity contribution in [3.8, 4) is 0 Å². The molecule has 0 radical (unpaired) electrons. The van der Waals surface area contributed by atoms with Crippen LogP contribution in [-0.2, 0) is 22.3 Å². The minimum absolute atomic E-state index is 0.164. The topological polar surface area (TPSA) is 116 Å². The summed E-state index contributed by atoms with van der Waals surface area (Å²) in [4.78, 5) is 24.7. The van der Waals surface area contributed by atoms with Gasteiger partial charge in [-0.15, -0.1) is 0 Å². The molecule has 0 aliphatic rings. The van der Waals surface area contributed by atoms with Gasteiger partial charge in [-0.3, -0.25) is 4.79 Å². The van der Waals surface area contributed by atoms with Crippen LogP contribution in [0.15, 0.2) is 78.9 Å². The van der Waals surface area contributed by atoms with Gasteiger partial charge in [0.05, 0.1) is 5.75 Å². The third kappa shape index (κ3) is 7.72. The highest BCUT2D eigenvalue weighted by molar-refractivity contribution is 7.88. The van der Waals surface area contributed by atoms with E-state index in [2.05, 4.69) is 20.7 Å². The van der Waals surface area contributed by atoms with E-state index >= 15 is 0 Å². The predicted octanol–water partition coefficient (Wildman–Crippen LogP) is 4.09. The average Bonchev–Trinajstić information content (AvgIpc) is 2.78. The molecular formula is C25H28N4O4S. The third-order valence-electron chi connectivity index (χ3n) is 4.76. The molecule has 0 aliphatic carbocycles. The Hall–Kier alpha value is -3.69. The fraction of sp³-hybridized carbons (Fsp3) is 0.200. The maximum Gasteiger partial charge on any atom is 0.323 e. The van der Waals surface area contributed by atoms with E-state index in [0.717, 1.165) is 5.56 Å². The molecule has 0 saturated carbocycles. The molecule has 0 fully saturated rings. The number of amides is 3. The van der Waals surface area contributed by atoms with Gasteiger partial charge >= 0.3 is 6.03 Å². The Morgan fingerprint density at radius 2 is 1.32 bits per heavy atom. The predicted molar refractivity (Wildman–Crippen MR) is 134 cm³/mol. The minimum Gasteiger partial charge on any atom is -0.348 e. The number of anilines is 2. The van der Waals surface area contributed by atoms with Crippen LogP contribution < -0.4 is 20.7 Å². The second-order valence-corrected chi connectivity index (χ2v) is 9.76.